The lowest BCUT2D eigenvalue weighted by Crippen LogP contribution is -2.42. The summed E-state index contributed by atoms with van der Waals surface area (Å²) in [6.45, 7) is 1.80. The van der Waals surface area contributed by atoms with Gasteiger partial charge in [0.05, 0.1) is 18.2 Å². The molecule has 0 aliphatic rings. The first-order chi connectivity index (χ1) is 6.48. The lowest BCUT2D eigenvalue weighted by molar-refractivity contribution is 0.209. The second-order valence-corrected chi connectivity index (χ2v) is 5.49. The number of halogens is 1. The molecule has 0 bridgehead atoms. The van der Waals surface area contributed by atoms with Crippen LogP contribution >= 0.6 is 27.3 Å². The van der Waals surface area contributed by atoms with E-state index >= 15 is 0 Å². The minimum absolute atomic E-state index is 0.0230. The van der Waals surface area contributed by atoms with Gasteiger partial charge in [0.25, 0.3) is 0 Å². The van der Waals surface area contributed by atoms with E-state index in [1.54, 1.807) is 18.4 Å². The van der Waals surface area contributed by atoms with Gasteiger partial charge >= 0.3 is 0 Å². The van der Waals surface area contributed by atoms with Crippen molar-refractivity contribution in [2.75, 3.05) is 13.7 Å². The highest BCUT2D eigenvalue weighted by atomic mass is 79.9. The maximum atomic E-state index is 9.03. The first kappa shape index (κ1) is 12.0. The molecule has 1 aromatic rings. The summed E-state index contributed by atoms with van der Waals surface area (Å²) in [5, 5.41) is 9.87. The summed E-state index contributed by atoms with van der Waals surface area (Å²) < 4.78 is 6.08. The zero-order valence-corrected chi connectivity index (χ0v) is 10.6. The number of hydrogen-bond donors (Lipinski definition) is 2. The monoisotopic (exact) mass is 279 g/mol. The van der Waals surface area contributed by atoms with Gasteiger partial charge in [-0.1, -0.05) is 0 Å². The molecule has 0 fully saturated rings. The van der Waals surface area contributed by atoms with E-state index in [0.717, 1.165) is 14.4 Å². The van der Waals surface area contributed by atoms with Crippen molar-refractivity contribution in [1.29, 1.82) is 0 Å². The molecular weight excluding hydrogens is 266 g/mol. The minimum Gasteiger partial charge on any atom is -0.486 e. The molecule has 0 saturated heterocycles. The fraction of sp³-hybridized carbons (Fsp3) is 0.556. The Morgan fingerprint density at radius 2 is 2.36 bits per heavy atom. The molecule has 0 saturated carbocycles. The number of methoxy groups -OCH3 is 1. The molecule has 0 aromatic carbocycles. The van der Waals surface area contributed by atoms with Crippen LogP contribution in [-0.4, -0.2) is 24.4 Å². The fourth-order valence-corrected chi connectivity index (χ4v) is 2.97. The highest BCUT2D eigenvalue weighted by molar-refractivity contribution is 9.10. The Balaban J connectivity index is 2.77. The van der Waals surface area contributed by atoms with Crippen molar-refractivity contribution in [3.05, 3.63) is 15.4 Å². The van der Waals surface area contributed by atoms with Crippen LogP contribution in [0.5, 0.6) is 5.06 Å². The highest BCUT2D eigenvalue weighted by Crippen LogP contribution is 2.35. The van der Waals surface area contributed by atoms with Crippen LogP contribution in [0.2, 0.25) is 0 Å². The van der Waals surface area contributed by atoms with Gasteiger partial charge in [-0.15, -0.1) is 11.3 Å². The summed E-state index contributed by atoms with van der Waals surface area (Å²) >= 11 is 4.93. The predicted octanol–water partition coefficient (Wildman–Crippen LogP) is 1.77. The lowest BCUT2D eigenvalue weighted by Gasteiger charge is -2.20. The first-order valence-electron chi connectivity index (χ1n) is 4.20. The third-order valence-electron chi connectivity index (χ3n) is 1.83. The third kappa shape index (κ3) is 2.95. The van der Waals surface area contributed by atoms with Crippen LogP contribution in [0.1, 0.15) is 11.8 Å². The normalized spacial score (nSPS) is 15.2. The summed E-state index contributed by atoms with van der Waals surface area (Å²) in [4.78, 5) is 1.10. The van der Waals surface area contributed by atoms with Gasteiger partial charge in [0, 0.05) is 16.8 Å². The SMILES string of the molecule is COc1sc(CC(C)(N)CO)cc1Br. The Kier molecular flexibility index (Phi) is 3.94. The van der Waals surface area contributed by atoms with Gasteiger partial charge in [0.1, 0.15) is 0 Å². The van der Waals surface area contributed by atoms with E-state index in [9.17, 15) is 0 Å². The van der Waals surface area contributed by atoms with Gasteiger partial charge in [0.15, 0.2) is 5.06 Å². The maximum absolute atomic E-state index is 9.03. The van der Waals surface area contributed by atoms with Crippen LogP contribution in [-0.2, 0) is 6.42 Å². The van der Waals surface area contributed by atoms with Gasteiger partial charge in [-0.2, -0.15) is 0 Å². The number of rotatable bonds is 4. The molecule has 80 valence electrons. The first-order valence-corrected chi connectivity index (χ1v) is 5.81. The molecule has 1 heterocycles. The number of aliphatic hydroxyl groups excluding tert-OH is 1. The van der Waals surface area contributed by atoms with Gasteiger partial charge in [-0.05, 0) is 28.9 Å². The van der Waals surface area contributed by atoms with Gasteiger partial charge in [-0.25, -0.2) is 0 Å². The van der Waals surface area contributed by atoms with Crippen LogP contribution < -0.4 is 10.5 Å². The molecule has 1 unspecified atom stereocenters. The standard InChI is InChI=1S/C9H14BrNO2S/c1-9(11,5-12)4-6-3-7(10)8(13-2)14-6/h3,12H,4-5,11H2,1-2H3. The van der Waals surface area contributed by atoms with Crippen LogP contribution in [0.4, 0.5) is 0 Å². The van der Waals surface area contributed by atoms with Crippen LogP contribution in [0.25, 0.3) is 0 Å². The minimum atomic E-state index is -0.560. The van der Waals surface area contributed by atoms with E-state index < -0.39 is 5.54 Å². The summed E-state index contributed by atoms with van der Waals surface area (Å²) in [6, 6.07) is 1.98. The molecule has 3 N–H and O–H groups in total. The van der Waals surface area contributed by atoms with Crippen molar-refractivity contribution in [1.82, 2.24) is 0 Å². The van der Waals surface area contributed by atoms with E-state index in [2.05, 4.69) is 15.9 Å². The lowest BCUT2D eigenvalue weighted by atomic mass is 10.00. The molecule has 1 atom stereocenters. The number of nitrogens with two attached hydrogens (primary N) is 1. The van der Waals surface area contributed by atoms with Crippen molar-refractivity contribution in [3.8, 4) is 5.06 Å². The van der Waals surface area contributed by atoms with Gasteiger partial charge < -0.3 is 15.6 Å². The summed E-state index contributed by atoms with van der Waals surface area (Å²) in [5.41, 5.74) is 5.29. The topological polar surface area (TPSA) is 55.5 Å². The van der Waals surface area contributed by atoms with Crippen molar-refractivity contribution in [2.45, 2.75) is 18.9 Å². The third-order valence-corrected chi connectivity index (χ3v) is 3.78. The van der Waals surface area contributed by atoms with Gasteiger partial charge in [-0.3, -0.25) is 0 Å². The molecule has 0 aliphatic heterocycles. The number of ether oxygens (including phenoxy) is 1. The molecule has 0 amide bonds. The fourth-order valence-electron chi connectivity index (χ4n) is 1.08. The molecule has 5 heteroatoms. The summed E-state index contributed by atoms with van der Waals surface area (Å²) in [5.74, 6) is 0. The van der Waals surface area contributed by atoms with E-state index in [1.165, 1.54) is 0 Å². The Morgan fingerprint density at radius 1 is 1.71 bits per heavy atom. The van der Waals surface area contributed by atoms with Crippen LogP contribution in [0.15, 0.2) is 10.5 Å². The van der Waals surface area contributed by atoms with Crippen LogP contribution in [0, 0.1) is 0 Å². The van der Waals surface area contributed by atoms with Crippen molar-refractivity contribution in [3.63, 3.8) is 0 Å². The molecule has 0 aliphatic carbocycles. The summed E-state index contributed by atoms with van der Waals surface area (Å²) in [7, 11) is 1.63. The summed E-state index contributed by atoms with van der Waals surface area (Å²) in [6.07, 6.45) is 0.649. The largest absolute Gasteiger partial charge is 0.486 e. The van der Waals surface area contributed by atoms with Crippen molar-refractivity contribution < 1.29 is 9.84 Å². The van der Waals surface area contributed by atoms with Gasteiger partial charge in [0.2, 0.25) is 0 Å². The second kappa shape index (κ2) is 4.61. The Labute approximate surface area is 96.0 Å². The average molecular weight is 280 g/mol. The van der Waals surface area contributed by atoms with Crippen molar-refractivity contribution in [2.24, 2.45) is 5.73 Å². The average Bonchev–Trinajstić information content (AvgIpc) is 2.45. The quantitative estimate of drug-likeness (QED) is 0.883. The van der Waals surface area contributed by atoms with E-state index in [1.807, 2.05) is 13.0 Å². The van der Waals surface area contributed by atoms with Crippen LogP contribution in [0.3, 0.4) is 0 Å². The maximum Gasteiger partial charge on any atom is 0.188 e. The van der Waals surface area contributed by atoms with Crippen molar-refractivity contribution >= 4 is 27.3 Å². The zero-order chi connectivity index (χ0) is 10.8. The molecule has 1 aromatic heterocycles. The Bertz CT molecular complexity index is 312. The zero-order valence-electron chi connectivity index (χ0n) is 8.21. The highest BCUT2D eigenvalue weighted by Gasteiger charge is 2.20. The smallest absolute Gasteiger partial charge is 0.188 e. The second-order valence-electron chi connectivity index (χ2n) is 3.54. The van der Waals surface area contributed by atoms with E-state index in [4.69, 9.17) is 15.6 Å². The molecular formula is C9H14BrNO2S. The Hall–Kier alpha value is -0.100. The number of aliphatic hydroxyl groups is 1. The molecule has 3 nitrogen and oxygen atoms in total. The molecule has 1 rings (SSSR count). The Morgan fingerprint density at radius 3 is 2.79 bits per heavy atom. The van der Waals surface area contributed by atoms with E-state index in [-0.39, 0.29) is 6.61 Å². The predicted molar refractivity (Wildman–Crippen MR) is 62.0 cm³/mol. The number of hydrogen-bond acceptors (Lipinski definition) is 4. The molecule has 14 heavy (non-hydrogen) atoms. The molecule has 0 spiro atoms. The molecule has 0 radical (unpaired) electrons. The van der Waals surface area contributed by atoms with E-state index in [0.29, 0.717) is 6.42 Å². The number of thiophene rings is 1.